The van der Waals surface area contributed by atoms with Gasteiger partial charge in [-0.15, -0.1) is 0 Å². The van der Waals surface area contributed by atoms with Gasteiger partial charge >= 0.3 is 5.97 Å². The molecule has 0 heterocycles. The normalized spacial score (nSPS) is 11.2. The van der Waals surface area contributed by atoms with Gasteiger partial charge < -0.3 is 14.4 Å². The Balaban J connectivity index is 1.55. The largest absolute Gasteiger partial charge is 0.497 e. The number of anilines is 3. The van der Waals surface area contributed by atoms with E-state index >= 15 is 0 Å². The molecule has 0 saturated heterocycles. The average molecular weight is 540 g/mol. The Labute approximate surface area is 242 Å². The summed E-state index contributed by atoms with van der Waals surface area (Å²) in [5.41, 5.74) is 9.91. The van der Waals surface area contributed by atoms with E-state index in [1.165, 1.54) is 18.1 Å². The Kier molecular flexibility index (Phi) is 8.31. The van der Waals surface area contributed by atoms with Crippen LogP contribution < -0.4 is 14.4 Å². The molecular weight excluding hydrogens is 506 g/mol. The van der Waals surface area contributed by atoms with Crippen LogP contribution in [0.25, 0.3) is 11.6 Å². The third kappa shape index (κ3) is 6.74. The lowest BCUT2D eigenvalue weighted by molar-refractivity contribution is -0.131. The molecule has 0 unspecified atom stereocenters. The molecule has 0 saturated carbocycles. The monoisotopic (exact) mass is 539 g/mol. The number of methoxy groups -OCH3 is 1. The van der Waals surface area contributed by atoms with Crippen molar-refractivity contribution in [3.8, 4) is 11.5 Å². The highest BCUT2D eigenvalue weighted by atomic mass is 16.5. The molecule has 204 valence electrons. The van der Waals surface area contributed by atoms with Crippen molar-refractivity contribution >= 4 is 34.7 Å². The summed E-state index contributed by atoms with van der Waals surface area (Å²) in [5, 5.41) is 0. The molecule has 0 aromatic heterocycles. The molecule has 0 amide bonds. The summed E-state index contributed by atoms with van der Waals surface area (Å²) in [6.07, 6.45) is 2.18. The quantitative estimate of drug-likeness (QED) is 0.112. The van der Waals surface area contributed by atoms with E-state index in [9.17, 15) is 4.79 Å². The van der Waals surface area contributed by atoms with Gasteiger partial charge in [-0.3, -0.25) is 4.79 Å². The minimum absolute atomic E-state index is 0.339. The van der Waals surface area contributed by atoms with Gasteiger partial charge in [0.1, 0.15) is 11.5 Å². The van der Waals surface area contributed by atoms with Crippen molar-refractivity contribution in [1.29, 1.82) is 0 Å². The third-order valence-corrected chi connectivity index (χ3v) is 6.81. The Hall–Kier alpha value is -5.09. The van der Waals surface area contributed by atoms with Crippen molar-refractivity contribution in [2.45, 2.75) is 20.8 Å². The second-order valence-electron chi connectivity index (χ2n) is 10.0. The molecule has 0 aliphatic rings. The number of benzene rings is 5. The molecule has 0 bridgehead atoms. The number of ether oxygens (including phenoxy) is 2. The van der Waals surface area contributed by atoms with Crippen LogP contribution in [0.5, 0.6) is 11.5 Å². The van der Waals surface area contributed by atoms with Crippen molar-refractivity contribution in [2.75, 3.05) is 12.0 Å². The van der Waals surface area contributed by atoms with Gasteiger partial charge in [-0.25, -0.2) is 0 Å². The lowest BCUT2D eigenvalue weighted by Gasteiger charge is -2.26. The number of nitrogens with zero attached hydrogens (tertiary/aromatic N) is 1. The van der Waals surface area contributed by atoms with Crippen LogP contribution >= 0.6 is 0 Å². The molecule has 5 aromatic rings. The van der Waals surface area contributed by atoms with Gasteiger partial charge in [-0.1, -0.05) is 60.7 Å². The summed E-state index contributed by atoms with van der Waals surface area (Å²) < 4.78 is 10.6. The fourth-order valence-electron chi connectivity index (χ4n) is 4.84. The predicted molar refractivity (Wildman–Crippen MR) is 168 cm³/mol. The van der Waals surface area contributed by atoms with Crippen LogP contribution in [0.1, 0.15) is 34.7 Å². The Morgan fingerprint density at radius 2 is 1.15 bits per heavy atom. The molecule has 5 rings (SSSR count). The van der Waals surface area contributed by atoms with E-state index in [-0.39, 0.29) is 5.97 Å². The van der Waals surface area contributed by atoms with E-state index in [4.69, 9.17) is 9.47 Å². The molecule has 0 aliphatic heterocycles. The van der Waals surface area contributed by atoms with Crippen LogP contribution in [0.15, 0.2) is 121 Å². The molecule has 5 aromatic carbocycles. The van der Waals surface area contributed by atoms with E-state index < -0.39 is 0 Å². The highest BCUT2D eigenvalue weighted by Crippen LogP contribution is 2.36. The maximum Gasteiger partial charge on any atom is 0.308 e. The maximum atomic E-state index is 11.4. The fraction of sp³-hybridized carbons (Fsp3) is 0.108. The summed E-state index contributed by atoms with van der Waals surface area (Å²) in [6, 6.07) is 41.3. The Bertz CT molecular complexity index is 1620. The highest BCUT2D eigenvalue weighted by Gasteiger charge is 2.13. The summed E-state index contributed by atoms with van der Waals surface area (Å²) >= 11 is 0. The van der Waals surface area contributed by atoms with E-state index in [0.717, 1.165) is 45.1 Å². The zero-order valence-electron chi connectivity index (χ0n) is 23.8. The van der Waals surface area contributed by atoms with Crippen molar-refractivity contribution in [3.63, 3.8) is 0 Å². The van der Waals surface area contributed by atoms with Gasteiger partial charge in [0.25, 0.3) is 0 Å². The van der Waals surface area contributed by atoms with Crippen LogP contribution in [0.2, 0.25) is 0 Å². The van der Waals surface area contributed by atoms with Crippen molar-refractivity contribution in [2.24, 2.45) is 0 Å². The fourth-order valence-corrected chi connectivity index (χ4v) is 4.84. The van der Waals surface area contributed by atoms with E-state index in [2.05, 4.69) is 110 Å². The van der Waals surface area contributed by atoms with Crippen LogP contribution in [0.3, 0.4) is 0 Å². The minimum atomic E-state index is -0.339. The molecule has 0 atom stereocenters. The molecule has 4 nitrogen and oxygen atoms in total. The van der Waals surface area contributed by atoms with Crippen molar-refractivity contribution in [1.82, 2.24) is 0 Å². The molecule has 0 fully saturated rings. The first-order valence-electron chi connectivity index (χ1n) is 13.6. The summed E-state index contributed by atoms with van der Waals surface area (Å²) in [5.74, 6) is 0.983. The first-order chi connectivity index (χ1) is 19.9. The first-order valence-corrected chi connectivity index (χ1v) is 13.6. The topological polar surface area (TPSA) is 38.8 Å². The maximum absolute atomic E-state index is 11.4. The Morgan fingerprint density at radius 3 is 1.61 bits per heavy atom. The van der Waals surface area contributed by atoms with Gasteiger partial charge in [0.2, 0.25) is 0 Å². The zero-order chi connectivity index (χ0) is 28.8. The SMILES string of the molecule is COc1ccc(C(=Cc2ccc(N(c3cccc(C)c3)c3cccc(C)c3)cc2)c2ccc(OC(C)=O)cc2)cc1. The van der Waals surface area contributed by atoms with Crippen molar-refractivity contribution in [3.05, 3.63) is 149 Å². The molecule has 0 aliphatic carbocycles. The smallest absolute Gasteiger partial charge is 0.308 e. The number of hydrogen-bond donors (Lipinski definition) is 0. The predicted octanol–water partition coefficient (Wildman–Crippen LogP) is 9.30. The number of rotatable bonds is 8. The standard InChI is InChI=1S/C37H33NO3/c1-26-7-5-9-33(23-26)38(34-10-6-8-27(2)24-34)32-17-11-29(12-18-32)25-37(30-13-19-35(40-4)20-14-30)31-15-21-36(22-16-31)41-28(3)39/h5-25H,1-4H3. The van der Waals surface area contributed by atoms with Crippen LogP contribution in [-0.4, -0.2) is 13.1 Å². The van der Waals surface area contributed by atoms with Gasteiger partial charge in [0.05, 0.1) is 7.11 Å². The number of carbonyl (C=O) groups is 1. The average Bonchev–Trinajstić information content (AvgIpc) is 2.97. The minimum Gasteiger partial charge on any atom is -0.497 e. The lowest BCUT2D eigenvalue weighted by Crippen LogP contribution is -2.10. The van der Waals surface area contributed by atoms with Gasteiger partial charge in [0.15, 0.2) is 0 Å². The molecule has 4 heteroatoms. The summed E-state index contributed by atoms with van der Waals surface area (Å²) in [4.78, 5) is 13.7. The number of aryl methyl sites for hydroxylation is 2. The molecule has 41 heavy (non-hydrogen) atoms. The second-order valence-corrected chi connectivity index (χ2v) is 10.0. The number of hydrogen-bond acceptors (Lipinski definition) is 4. The van der Waals surface area contributed by atoms with E-state index in [0.29, 0.717) is 5.75 Å². The van der Waals surface area contributed by atoms with Gasteiger partial charge in [0, 0.05) is 24.0 Å². The van der Waals surface area contributed by atoms with Crippen molar-refractivity contribution < 1.29 is 14.3 Å². The van der Waals surface area contributed by atoms with Gasteiger partial charge in [-0.2, -0.15) is 0 Å². The second kappa shape index (κ2) is 12.4. The molecule has 0 N–H and O–H groups in total. The summed E-state index contributed by atoms with van der Waals surface area (Å²) in [6.45, 7) is 5.63. The van der Waals surface area contributed by atoms with Crippen LogP contribution in [0, 0.1) is 13.8 Å². The summed E-state index contributed by atoms with van der Waals surface area (Å²) in [7, 11) is 1.66. The zero-order valence-corrected chi connectivity index (χ0v) is 23.8. The number of carbonyl (C=O) groups excluding carboxylic acids is 1. The highest BCUT2D eigenvalue weighted by molar-refractivity contribution is 5.92. The van der Waals surface area contributed by atoms with E-state index in [1.54, 1.807) is 7.11 Å². The van der Waals surface area contributed by atoms with Crippen LogP contribution in [-0.2, 0) is 4.79 Å². The van der Waals surface area contributed by atoms with Crippen LogP contribution in [0.4, 0.5) is 17.1 Å². The number of esters is 1. The lowest BCUT2D eigenvalue weighted by atomic mass is 9.95. The van der Waals surface area contributed by atoms with Gasteiger partial charge in [-0.05, 0) is 114 Å². The third-order valence-electron chi connectivity index (χ3n) is 6.81. The molecular formula is C37H33NO3. The van der Waals surface area contributed by atoms with E-state index in [1.807, 2.05) is 36.4 Å². The molecule has 0 radical (unpaired) electrons. The first kappa shape index (κ1) is 27.5. The molecule has 0 spiro atoms. The Morgan fingerprint density at radius 1 is 0.634 bits per heavy atom.